The second-order valence-electron chi connectivity index (χ2n) is 7.90. The molecular weight excluding hydrogens is 326 g/mol. The molecule has 3 heterocycles. The average Bonchev–Trinajstić information content (AvgIpc) is 3.25. The summed E-state index contributed by atoms with van der Waals surface area (Å²) in [5.74, 6) is 0.00807. The maximum atomic E-state index is 12.4. The average molecular weight is 355 g/mol. The molecule has 140 valence electrons. The number of carbonyl (C=O) groups excluding carboxylic acids is 1. The Labute approximate surface area is 155 Å². The SMILES string of the molecule is CCN1CC(C(=O)OC)C2(CCN(Cc3c[nH]c4ccccc34)CC2)C1. The maximum Gasteiger partial charge on any atom is 0.310 e. The molecule has 2 aliphatic rings. The highest BCUT2D eigenvalue weighted by atomic mass is 16.5. The lowest BCUT2D eigenvalue weighted by Crippen LogP contribution is -2.46. The van der Waals surface area contributed by atoms with E-state index in [4.69, 9.17) is 4.74 Å². The molecule has 0 amide bonds. The van der Waals surface area contributed by atoms with E-state index in [0.717, 1.165) is 52.1 Å². The van der Waals surface area contributed by atoms with Crippen molar-refractivity contribution in [3.63, 3.8) is 0 Å². The van der Waals surface area contributed by atoms with Gasteiger partial charge in [0.1, 0.15) is 0 Å². The Morgan fingerprint density at radius 3 is 2.77 bits per heavy atom. The Morgan fingerprint density at radius 2 is 2.04 bits per heavy atom. The first-order valence-electron chi connectivity index (χ1n) is 9.73. The van der Waals surface area contributed by atoms with Crippen molar-refractivity contribution in [1.82, 2.24) is 14.8 Å². The number of aromatic nitrogens is 1. The summed E-state index contributed by atoms with van der Waals surface area (Å²) in [7, 11) is 1.52. The third-order valence-corrected chi connectivity index (χ3v) is 6.57. The van der Waals surface area contributed by atoms with Gasteiger partial charge in [0.05, 0.1) is 13.0 Å². The molecule has 2 aromatic rings. The molecule has 0 saturated carbocycles. The van der Waals surface area contributed by atoms with Crippen molar-refractivity contribution < 1.29 is 9.53 Å². The van der Waals surface area contributed by atoms with Gasteiger partial charge in [0, 0.05) is 42.1 Å². The van der Waals surface area contributed by atoms with Crippen molar-refractivity contribution in [2.75, 3.05) is 39.8 Å². The van der Waals surface area contributed by atoms with Gasteiger partial charge >= 0.3 is 5.97 Å². The zero-order valence-electron chi connectivity index (χ0n) is 15.8. The highest BCUT2D eigenvalue weighted by Gasteiger charge is 2.51. The largest absolute Gasteiger partial charge is 0.469 e. The van der Waals surface area contributed by atoms with Gasteiger partial charge in [-0.1, -0.05) is 25.1 Å². The number of nitrogens with one attached hydrogen (secondary N) is 1. The summed E-state index contributed by atoms with van der Waals surface area (Å²) < 4.78 is 5.13. The van der Waals surface area contributed by atoms with E-state index in [0.29, 0.717) is 0 Å². The highest BCUT2D eigenvalue weighted by molar-refractivity contribution is 5.83. The fourth-order valence-electron chi connectivity index (χ4n) is 4.95. The van der Waals surface area contributed by atoms with Gasteiger partial charge in [-0.2, -0.15) is 0 Å². The molecule has 1 atom stereocenters. The van der Waals surface area contributed by atoms with Gasteiger partial charge in [-0.15, -0.1) is 0 Å². The van der Waals surface area contributed by atoms with E-state index in [1.54, 1.807) is 0 Å². The number of fused-ring (bicyclic) bond motifs is 1. The lowest BCUT2D eigenvalue weighted by atomic mass is 9.70. The smallest absolute Gasteiger partial charge is 0.310 e. The summed E-state index contributed by atoms with van der Waals surface area (Å²) in [4.78, 5) is 20.7. The number of nitrogens with zero attached hydrogens (tertiary/aromatic N) is 2. The van der Waals surface area contributed by atoms with Gasteiger partial charge in [0.25, 0.3) is 0 Å². The van der Waals surface area contributed by atoms with E-state index >= 15 is 0 Å². The van der Waals surface area contributed by atoms with Crippen LogP contribution in [-0.2, 0) is 16.1 Å². The van der Waals surface area contributed by atoms with Crippen LogP contribution in [-0.4, -0.2) is 60.6 Å². The van der Waals surface area contributed by atoms with Crippen molar-refractivity contribution in [2.24, 2.45) is 11.3 Å². The Hall–Kier alpha value is -1.85. The zero-order chi connectivity index (χ0) is 18.1. The quantitative estimate of drug-likeness (QED) is 0.857. The monoisotopic (exact) mass is 355 g/mol. The number of hydrogen-bond donors (Lipinski definition) is 1. The number of carbonyl (C=O) groups is 1. The number of rotatable bonds is 4. The van der Waals surface area contributed by atoms with Crippen LogP contribution in [0.15, 0.2) is 30.5 Å². The summed E-state index contributed by atoms with van der Waals surface area (Å²) in [6, 6.07) is 8.49. The number of hydrogen-bond acceptors (Lipinski definition) is 4. The van der Waals surface area contributed by atoms with E-state index in [1.807, 2.05) is 0 Å². The Balaban J connectivity index is 1.45. The van der Waals surface area contributed by atoms with E-state index < -0.39 is 0 Å². The molecule has 26 heavy (non-hydrogen) atoms. The second kappa shape index (κ2) is 7.05. The molecule has 4 rings (SSSR count). The number of aromatic amines is 1. The molecule has 0 radical (unpaired) electrons. The molecule has 1 aromatic heterocycles. The van der Waals surface area contributed by atoms with Crippen LogP contribution in [0.1, 0.15) is 25.3 Å². The minimum Gasteiger partial charge on any atom is -0.469 e. The van der Waals surface area contributed by atoms with Gasteiger partial charge < -0.3 is 14.6 Å². The number of ether oxygens (including phenoxy) is 1. The van der Waals surface area contributed by atoms with Crippen molar-refractivity contribution in [3.05, 3.63) is 36.0 Å². The van der Waals surface area contributed by atoms with Gasteiger partial charge in [-0.25, -0.2) is 0 Å². The van der Waals surface area contributed by atoms with Gasteiger partial charge in [-0.3, -0.25) is 9.69 Å². The standard InChI is InChI=1S/C21H29N3O2/c1-3-23-14-18(20(25)26-2)21(15-23)8-10-24(11-9-21)13-16-12-22-19-7-5-4-6-17(16)19/h4-7,12,18,22H,3,8-11,13-15H2,1-2H3. The number of esters is 1. The third kappa shape index (κ3) is 3.03. The lowest BCUT2D eigenvalue weighted by molar-refractivity contribution is -0.149. The predicted molar refractivity (Wildman–Crippen MR) is 103 cm³/mol. The molecular formula is C21H29N3O2. The van der Waals surface area contributed by atoms with Crippen LogP contribution in [0.25, 0.3) is 10.9 Å². The summed E-state index contributed by atoms with van der Waals surface area (Å²) >= 11 is 0. The zero-order valence-corrected chi connectivity index (χ0v) is 15.8. The van der Waals surface area contributed by atoms with Crippen molar-refractivity contribution in [2.45, 2.75) is 26.3 Å². The number of piperidine rings is 1. The first kappa shape index (κ1) is 17.6. The Kier molecular flexibility index (Phi) is 4.76. The minimum absolute atomic E-state index is 0.0222. The third-order valence-electron chi connectivity index (χ3n) is 6.57. The molecule has 1 unspecified atom stereocenters. The van der Waals surface area contributed by atoms with E-state index in [-0.39, 0.29) is 17.3 Å². The minimum atomic E-state index is -0.0222. The predicted octanol–water partition coefficient (Wildman–Crippen LogP) is 2.87. The second-order valence-corrected chi connectivity index (χ2v) is 7.90. The van der Waals surface area contributed by atoms with Gasteiger partial charge in [0.2, 0.25) is 0 Å². The van der Waals surface area contributed by atoms with Crippen molar-refractivity contribution in [3.8, 4) is 0 Å². The van der Waals surface area contributed by atoms with Gasteiger partial charge in [-0.05, 0) is 44.1 Å². The Bertz CT molecular complexity index is 776. The summed E-state index contributed by atoms with van der Waals surface area (Å²) in [5.41, 5.74) is 2.67. The molecule has 1 N–H and O–H groups in total. The number of para-hydroxylation sites is 1. The molecule has 2 aliphatic heterocycles. The van der Waals surface area contributed by atoms with Crippen LogP contribution in [0.5, 0.6) is 0 Å². The lowest BCUT2D eigenvalue weighted by Gasteiger charge is -2.41. The van der Waals surface area contributed by atoms with E-state index in [2.05, 4.69) is 52.2 Å². The van der Waals surface area contributed by atoms with E-state index in [9.17, 15) is 4.79 Å². The fourth-order valence-corrected chi connectivity index (χ4v) is 4.95. The molecule has 5 heteroatoms. The van der Waals surface area contributed by atoms with Crippen LogP contribution in [0.3, 0.4) is 0 Å². The Morgan fingerprint density at radius 1 is 1.27 bits per heavy atom. The maximum absolute atomic E-state index is 12.4. The first-order chi connectivity index (χ1) is 12.6. The molecule has 0 aliphatic carbocycles. The normalized spacial score (nSPS) is 23.7. The molecule has 2 fully saturated rings. The molecule has 5 nitrogen and oxygen atoms in total. The van der Waals surface area contributed by atoms with Crippen molar-refractivity contribution >= 4 is 16.9 Å². The van der Waals surface area contributed by atoms with Crippen LogP contribution in [0, 0.1) is 11.3 Å². The summed E-state index contributed by atoms with van der Waals surface area (Å²) in [5, 5.41) is 1.32. The van der Waals surface area contributed by atoms with E-state index in [1.165, 1.54) is 23.6 Å². The van der Waals surface area contributed by atoms with Crippen LogP contribution >= 0.6 is 0 Å². The number of H-pyrrole nitrogens is 1. The summed E-state index contributed by atoms with van der Waals surface area (Å²) in [6.45, 7) is 8.14. The molecule has 1 aromatic carbocycles. The number of methoxy groups -OCH3 is 1. The summed E-state index contributed by atoms with van der Waals surface area (Å²) in [6.07, 6.45) is 4.29. The van der Waals surface area contributed by atoms with Crippen LogP contribution in [0.2, 0.25) is 0 Å². The molecule has 0 bridgehead atoms. The number of benzene rings is 1. The van der Waals surface area contributed by atoms with Crippen molar-refractivity contribution in [1.29, 1.82) is 0 Å². The molecule has 1 spiro atoms. The topological polar surface area (TPSA) is 48.6 Å². The van der Waals surface area contributed by atoms with Crippen LogP contribution in [0.4, 0.5) is 0 Å². The number of likely N-dealkylation sites (tertiary alicyclic amines) is 2. The van der Waals surface area contributed by atoms with Crippen LogP contribution < -0.4 is 0 Å². The van der Waals surface area contributed by atoms with Gasteiger partial charge in [0.15, 0.2) is 0 Å². The first-order valence-corrected chi connectivity index (χ1v) is 9.73. The highest BCUT2D eigenvalue weighted by Crippen LogP contribution is 2.45. The molecule has 2 saturated heterocycles. The fraction of sp³-hybridized carbons (Fsp3) is 0.571.